The number of ether oxygens (including phenoxy) is 3. The van der Waals surface area contributed by atoms with Crippen molar-refractivity contribution in [2.24, 2.45) is 0 Å². The summed E-state index contributed by atoms with van der Waals surface area (Å²) in [4.78, 5) is 16.8. The average Bonchev–Trinajstić information content (AvgIpc) is 3.23. The Labute approximate surface area is 184 Å². The number of aromatic nitrogens is 1. The molecule has 30 heavy (non-hydrogen) atoms. The number of methoxy groups -OCH3 is 3. The van der Waals surface area contributed by atoms with Crippen LogP contribution in [0.5, 0.6) is 17.2 Å². The molecule has 3 aromatic rings. The van der Waals surface area contributed by atoms with Crippen LogP contribution in [0.15, 0.2) is 52.2 Å². The molecule has 0 aliphatic heterocycles. The highest BCUT2D eigenvalue weighted by Gasteiger charge is 2.10. The van der Waals surface area contributed by atoms with Gasteiger partial charge in [0, 0.05) is 23.7 Å². The lowest BCUT2D eigenvalue weighted by atomic mass is 10.2. The van der Waals surface area contributed by atoms with Gasteiger partial charge < -0.3 is 19.5 Å². The van der Waals surface area contributed by atoms with E-state index >= 15 is 0 Å². The molecule has 158 valence electrons. The number of hydrogen-bond donors (Lipinski definition) is 1. The molecular formula is C22H24N2O4S2. The molecule has 1 heterocycles. The molecule has 1 aromatic heterocycles. The van der Waals surface area contributed by atoms with Crippen molar-refractivity contribution in [1.82, 2.24) is 10.3 Å². The summed E-state index contributed by atoms with van der Waals surface area (Å²) in [5, 5.41) is 4.86. The lowest BCUT2D eigenvalue weighted by Crippen LogP contribution is -2.24. The van der Waals surface area contributed by atoms with Crippen molar-refractivity contribution in [3.63, 3.8) is 0 Å². The quantitative estimate of drug-likeness (QED) is 0.470. The van der Waals surface area contributed by atoms with Crippen molar-refractivity contribution in [2.45, 2.75) is 23.1 Å². The van der Waals surface area contributed by atoms with Crippen molar-refractivity contribution in [2.75, 3.05) is 21.3 Å². The largest absolute Gasteiger partial charge is 0.497 e. The lowest BCUT2D eigenvalue weighted by molar-refractivity contribution is -0.120. The average molecular weight is 445 g/mol. The molecule has 0 spiro atoms. The molecule has 6 nitrogen and oxygen atoms in total. The Balaban J connectivity index is 1.50. The van der Waals surface area contributed by atoms with E-state index in [-0.39, 0.29) is 12.3 Å². The monoisotopic (exact) mass is 444 g/mol. The van der Waals surface area contributed by atoms with Crippen LogP contribution in [0.2, 0.25) is 0 Å². The van der Waals surface area contributed by atoms with Gasteiger partial charge in [-0.3, -0.25) is 4.79 Å². The second kappa shape index (κ2) is 10.9. The SMILES string of the molecule is COc1cccc(CNC(=O)Cc2csc(SCc3cc(OC)cc(OC)c3)n2)c1. The van der Waals surface area contributed by atoms with Crippen LogP contribution in [-0.2, 0) is 23.5 Å². The van der Waals surface area contributed by atoms with E-state index in [2.05, 4.69) is 10.3 Å². The van der Waals surface area contributed by atoms with Gasteiger partial charge in [0.2, 0.25) is 5.91 Å². The molecule has 0 aliphatic carbocycles. The number of amides is 1. The fourth-order valence-corrected chi connectivity index (χ4v) is 4.52. The van der Waals surface area contributed by atoms with Crippen LogP contribution in [0, 0.1) is 0 Å². The lowest BCUT2D eigenvalue weighted by Gasteiger charge is -2.07. The van der Waals surface area contributed by atoms with Gasteiger partial charge in [-0.2, -0.15) is 0 Å². The van der Waals surface area contributed by atoms with Gasteiger partial charge in [-0.05, 0) is 35.4 Å². The van der Waals surface area contributed by atoms with E-state index in [1.54, 1.807) is 44.4 Å². The molecule has 0 saturated carbocycles. The van der Waals surface area contributed by atoms with E-state index in [4.69, 9.17) is 14.2 Å². The minimum absolute atomic E-state index is 0.0581. The maximum atomic E-state index is 12.3. The van der Waals surface area contributed by atoms with Crippen LogP contribution in [0.3, 0.4) is 0 Å². The fraction of sp³-hybridized carbons (Fsp3) is 0.273. The summed E-state index contributed by atoms with van der Waals surface area (Å²) < 4.78 is 16.7. The number of thiazole rings is 1. The first kappa shape index (κ1) is 22.0. The van der Waals surface area contributed by atoms with Gasteiger partial charge in [-0.15, -0.1) is 11.3 Å². The van der Waals surface area contributed by atoms with Crippen LogP contribution < -0.4 is 19.5 Å². The second-order valence-electron chi connectivity index (χ2n) is 6.42. The van der Waals surface area contributed by atoms with Gasteiger partial charge in [0.1, 0.15) is 21.6 Å². The van der Waals surface area contributed by atoms with Crippen LogP contribution in [0.4, 0.5) is 0 Å². The van der Waals surface area contributed by atoms with Crippen LogP contribution in [0.25, 0.3) is 0 Å². The molecule has 0 fully saturated rings. The van der Waals surface area contributed by atoms with Gasteiger partial charge in [0.15, 0.2) is 0 Å². The molecule has 1 amide bonds. The van der Waals surface area contributed by atoms with E-state index in [1.807, 2.05) is 47.8 Å². The number of nitrogens with one attached hydrogen (secondary N) is 1. The Morgan fingerprint density at radius 1 is 1.00 bits per heavy atom. The van der Waals surface area contributed by atoms with E-state index in [1.165, 1.54) is 0 Å². The Kier molecular flexibility index (Phi) is 7.98. The van der Waals surface area contributed by atoms with Gasteiger partial charge in [0.25, 0.3) is 0 Å². The summed E-state index contributed by atoms with van der Waals surface area (Å²) in [7, 11) is 4.90. The van der Waals surface area contributed by atoms with Crippen molar-refractivity contribution in [3.05, 3.63) is 64.7 Å². The third-order valence-electron chi connectivity index (χ3n) is 4.27. The predicted molar refractivity (Wildman–Crippen MR) is 120 cm³/mol. The zero-order chi connectivity index (χ0) is 21.3. The van der Waals surface area contributed by atoms with E-state index in [9.17, 15) is 4.79 Å². The van der Waals surface area contributed by atoms with Gasteiger partial charge in [0.05, 0.1) is 33.4 Å². The highest BCUT2D eigenvalue weighted by molar-refractivity contribution is 8.00. The van der Waals surface area contributed by atoms with Crippen molar-refractivity contribution < 1.29 is 19.0 Å². The second-order valence-corrected chi connectivity index (χ2v) is 8.50. The maximum Gasteiger partial charge on any atom is 0.226 e. The van der Waals surface area contributed by atoms with Crippen molar-refractivity contribution >= 4 is 29.0 Å². The van der Waals surface area contributed by atoms with Crippen LogP contribution >= 0.6 is 23.1 Å². The first-order valence-corrected chi connectivity index (χ1v) is 11.1. The Hall–Kier alpha value is -2.71. The summed E-state index contributed by atoms with van der Waals surface area (Å²) in [6.45, 7) is 0.458. The smallest absolute Gasteiger partial charge is 0.226 e. The number of nitrogens with zero attached hydrogens (tertiary/aromatic N) is 1. The number of thioether (sulfide) groups is 1. The first-order chi connectivity index (χ1) is 14.6. The van der Waals surface area contributed by atoms with Gasteiger partial charge >= 0.3 is 0 Å². The molecule has 0 bridgehead atoms. The summed E-state index contributed by atoms with van der Waals surface area (Å²) in [5.41, 5.74) is 2.85. The zero-order valence-electron chi connectivity index (χ0n) is 17.1. The molecule has 3 rings (SSSR count). The Morgan fingerprint density at radius 2 is 1.70 bits per heavy atom. The minimum Gasteiger partial charge on any atom is -0.497 e. The van der Waals surface area contributed by atoms with Gasteiger partial charge in [-0.25, -0.2) is 4.98 Å². The van der Waals surface area contributed by atoms with E-state index in [0.29, 0.717) is 6.54 Å². The summed E-state index contributed by atoms with van der Waals surface area (Å²) in [6, 6.07) is 13.5. The Morgan fingerprint density at radius 3 is 2.40 bits per heavy atom. The first-order valence-electron chi connectivity index (χ1n) is 9.28. The summed E-state index contributed by atoms with van der Waals surface area (Å²) in [6.07, 6.45) is 0.258. The Bertz CT molecular complexity index is 969. The molecule has 0 radical (unpaired) electrons. The minimum atomic E-state index is -0.0581. The molecule has 0 saturated heterocycles. The molecule has 0 atom stereocenters. The van der Waals surface area contributed by atoms with Crippen LogP contribution in [0.1, 0.15) is 16.8 Å². The standard InChI is InChI=1S/C22H24N2O4S2/c1-26-18-6-4-5-15(7-18)12-23-21(25)10-17-14-30-22(24-17)29-13-16-8-19(27-2)11-20(9-16)28-3/h4-9,11,14H,10,12-13H2,1-3H3,(H,23,25). The van der Waals surface area contributed by atoms with Crippen LogP contribution in [-0.4, -0.2) is 32.2 Å². The molecule has 1 N–H and O–H groups in total. The summed E-state index contributed by atoms with van der Waals surface area (Å²) >= 11 is 3.17. The highest BCUT2D eigenvalue weighted by Crippen LogP contribution is 2.30. The number of rotatable bonds is 10. The fourth-order valence-electron chi connectivity index (χ4n) is 2.74. The molecule has 2 aromatic carbocycles. The topological polar surface area (TPSA) is 69.7 Å². The number of benzene rings is 2. The summed E-state index contributed by atoms with van der Waals surface area (Å²) in [5.74, 6) is 2.98. The molecule has 8 heteroatoms. The van der Waals surface area contributed by atoms with E-state index < -0.39 is 0 Å². The maximum absolute atomic E-state index is 12.3. The third-order valence-corrected chi connectivity index (χ3v) is 6.41. The molecule has 0 aliphatic rings. The highest BCUT2D eigenvalue weighted by atomic mass is 32.2. The number of hydrogen-bond acceptors (Lipinski definition) is 7. The third kappa shape index (κ3) is 6.40. The van der Waals surface area contributed by atoms with E-state index in [0.717, 1.165) is 44.2 Å². The van der Waals surface area contributed by atoms with Crippen molar-refractivity contribution in [1.29, 1.82) is 0 Å². The van der Waals surface area contributed by atoms with Gasteiger partial charge in [-0.1, -0.05) is 23.9 Å². The molecule has 0 unspecified atom stereocenters. The molecular weight excluding hydrogens is 420 g/mol. The normalized spacial score (nSPS) is 10.5. The van der Waals surface area contributed by atoms with Crippen molar-refractivity contribution in [3.8, 4) is 17.2 Å². The number of carbonyl (C=O) groups is 1. The number of carbonyl (C=O) groups excluding carboxylic acids is 1. The predicted octanol–water partition coefficient (Wildman–Crippen LogP) is 4.32. The zero-order valence-corrected chi connectivity index (χ0v) is 18.8.